The summed E-state index contributed by atoms with van der Waals surface area (Å²) in [6.07, 6.45) is 4.60. The largest absolute Gasteiger partial charge is 0.277 e. The lowest BCUT2D eigenvalue weighted by molar-refractivity contribution is 0.148. The Balaban J connectivity index is 1.74. The van der Waals surface area contributed by atoms with E-state index in [1.165, 1.54) is 30.1 Å². The first-order valence-corrected chi connectivity index (χ1v) is 6.79. The van der Waals surface area contributed by atoms with Gasteiger partial charge in [0.25, 0.3) is 0 Å². The second-order valence-electron chi connectivity index (χ2n) is 5.80. The Kier molecular flexibility index (Phi) is 1.96. The third-order valence-corrected chi connectivity index (χ3v) is 4.21. The highest BCUT2D eigenvalue weighted by Crippen LogP contribution is 2.40. The van der Waals surface area contributed by atoms with Crippen LogP contribution in [0.3, 0.4) is 0 Å². The van der Waals surface area contributed by atoms with E-state index in [2.05, 4.69) is 29.0 Å². The molecule has 18 heavy (non-hydrogen) atoms. The molecule has 3 atom stereocenters. The summed E-state index contributed by atoms with van der Waals surface area (Å²) in [5, 5.41) is 11.4. The number of hydrazine groups is 1. The van der Waals surface area contributed by atoms with Gasteiger partial charge in [-0.3, -0.25) is 10.0 Å². The highest BCUT2D eigenvalue weighted by atomic mass is 15.7. The Labute approximate surface area is 107 Å². The second kappa shape index (κ2) is 3.35. The van der Waals surface area contributed by atoms with Gasteiger partial charge in [-0.1, -0.05) is 0 Å². The van der Waals surface area contributed by atoms with Crippen LogP contribution in [0.15, 0.2) is 22.0 Å². The molecule has 1 saturated heterocycles. The van der Waals surface area contributed by atoms with Crippen molar-refractivity contribution in [2.75, 3.05) is 13.6 Å². The van der Waals surface area contributed by atoms with Gasteiger partial charge in [0.2, 0.25) is 0 Å². The number of hydrogen-bond acceptors (Lipinski definition) is 5. The Bertz CT molecular complexity index is 488. The molecule has 0 amide bonds. The van der Waals surface area contributed by atoms with Crippen LogP contribution in [0.4, 0.5) is 0 Å². The number of hydrogen-bond donors (Lipinski definition) is 0. The van der Waals surface area contributed by atoms with Gasteiger partial charge in [-0.2, -0.15) is 5.10 Å². The van der Waals surface area contributed by atoms with E-state index in [0.29, 0.717) is 12.0 Å². The predicted octanol–water partition coefficient (Wildman–Crippen LogP) is 1.26. The molecule has 0 N–H and O–H groups in total. The molecule has 2 fully saturated rings. The van der Waals surface area contributed by atoms with Crippen LogP contribution in [0.1, 0.15) is 26.7 Å². The van der Waals surface area contributed by atoms with Crippen LogP contribution < -0.4 is 0 Å². The van der Waals surface area contributed by atoms with Crippen LogP contribution in [0, 0.1) is 5.92 Å². The number of amidine groups is 1. The summed E-state index contributed by atoms with van der Waals surface area (Å²) in [6, 6.07) is 0.931. The maximum Gasteiger partial charge on any atom is 0.130 e. The monoisotopic (exact) mass is 245 g/mol. The molecule has 4 aliphatic rings. The predicted molar refractivity (Wildman–Crippen MR) is 70.9 cm³/mol. The lowest BCUT2D eigenvalue weighted by atomic mass is 10.1. The molecule has 96 valence electrons. The Morgan fingerprint density at radius 3 is 2.67 bits per heavy atom. The molecule has 1 aliphatic carbocycles. The third kappa shape index (κ3) is 1.37. The minimum Gasteiger partial charge on any atom is -0.277 e. The van der Waals surface area contributed by atoms with E-state index < -0.39 is 0 Å². The van der Waals surface area contributed by atoms with Gasteiger partial charge in [0, 0.05) is 25.6 Å². The van der Waals surface area contributed by atoms with Crippen molar-refractivity contribution in [3.05, 3.63) is 11.9 Å². The molecule has 3 heterocycles. The summed E-state index contributed by atoms with van der Waals surface area (Å²) in [6.45, 7) is 5.54. The van der Waals surface area contributed by atoms with Crippen molar-refractivity contribution < 1.29 is 0 Å². The molecule has 0 aromatic carbocycles. The molecule has 3 aliphatic heterocycles. The first-order valence-electron chi connectivity index (χ1n) is 6.79. The number of fused-ring (bicyclic) bond motifs is 1. The van der Waals surface area contributed by atoms with Gasteiger partial charge in [0.1, 0.15) is 11.9 Å². The molecule has 0 bridgehead atoms. The van der Waals surface area contributed by atoms with Crippen LogP contribution in [0.2, 0.25) is 0 Å². The minimum absolute atomic E-state index is 0.285. The molecule has 0 aromatic rings. The lowest BCUT2D eigenvalue weighted by Crippen LogP contribution is -2.50. The van der Waals surface area contributed by atoms with Crippen molar-refractivity contribution in [1.29, 1.82) is 0 Å². The zero-order valence-electron chi connectivity index (χ0n) is 11.2. The van der Waals surface area contributed by atoms with Crippen molar-refractivity contribution in [3.8, 4) is 0 Å². The van der Waals surface area contributed by atoms with Crippen molar-refractivity contribution in [2.45, 2.75) is 38.8 Å². The average Bonchev–Trinajstić information content (AvgIpc) is 3.22. The Morgan fingerprint density at radius 1 is 1.33 bits per heavy atom. The highest BCUT2D eigenvalue weighted by molar-refractivity contribution is 5.99. The summed E-state index contributed by atoms with van der Waals surface area (Å²) in [4.78, 5) is 4.72. The van der Waals surface area contributed by atoms with E-state index >= 15 is 0 Å². The normalized spacial score (nSPS) is 38.2. The quantitative estimate of drug-likeness (QED) is 0.687. The second-order valence-corrected chi connectivity index (χ2v) is 5.80. The highest BCUT2D eigenvalue weighted by Gasteiger charge is 2.49. The summed E-state index contributed by atoms with van der Waals surface area (Å²) in [7, 11) is 2.01. The van der Waals surface area contributed by atoms with Crippen molar-refractivity contribution in [1.82, 2.24) is 15.0 Å². The van der Waals surface area contributed by atoms with Gasteiger partial charge in [0.05, 0.1) is 17.6 Å². The van der Waals surface area contributed by atoms with E-state index in [0.717, 1.165) is 6.54 Å². The van der Waals surface area contributed by atoms with Crippen molar-refractivity contribution in [2.24, 2.45) is 16.0 Å². The minimum atomic E-state index is 0.285. The van der Waals surface area contributed by atoms with Gasteiger partial charge in [-0.25, -0.2) is 10.0 Å². The fourth-order valence-corrected chi connectivity index (χ4v) is 2.96. The van der Waals surface area contributed by atoms with Gasteiger partial charge in [0.15, 0.2) is 0 Å². The summed E-state index contributed by atoms with van der Waals surface area (Å²) in [5.41, 5.74) is 2.38. The lowest BCUT2D eigenvalue weighted by Gasteiger charge is -2.36. The molecule has 0 spiro atoms. The van der Waals surface area contributed by atoms with E-state index in [9.17, 15) is 0 Å². The molecule has 1 saturated carbocycles. The molecule has 3 unspecified atom stereocenters. The van der Waals surface area contributed by atoms with Crippen LogP contribution >= 0.6 is 0 Å². The fourth-order valence-electron chi connectivity index (χ4n) is 2.96. The first kappa shape index (κ1) is 10.6. The van der Waals surface area contributed by atoms with Gasteiger partial charge in [-0.15, -0.1) is 0 Å². The van der Waals surface area contributed by atoms with Crippen LogP contribution in [0.25, 0.3) is 0 Å². The maximum absolute atomic E-state index is 4.72. The number of rotatable bonds is 2. The van der Waals surface area contributed by atoms with Gasteiger partial charge in [-0.05, 0) is 26.7 Å². The van der Waals surface area contributed by atoms with Gasteiger partial charge >= 0.3 is 0 Å². The molecular formula is C13H19N5. The topological polar surface area (TPSA) is 34.2 Å². The average molecular weight is 245 g/mol. The van der Waals surface area contributed by atoms with Crippen LogP contribution in [0.5, 0.6) is 0 Å². The zero-order chi connectivity index (χ0) is 12.4. The summed E-state index contributed by atoms with van der Waals surface area (Å²) >= 11 is 0. The van der Waals surface area contributed by atoms with Gasteiger partial charge < -0.3 is 0 Å². The maximum atomic E-state index is 4.72. The molecule has 5 nitrogen and oxygen atoms in total. The molecular weight excluding hydrogens is 226 g/mol. The van der Waals surface area contributed by atoms with E-state index in [-0.39, 0.29) is 6.04 Å². The van der Waals surface area contributed by atoms with E-state index in [1.54, 1.807) is 0 Å². The van der Waals surface area contributed by atoms with Crippen molar-refractivity contribution in [3.63, 3.8) is 0 Å². The molecule has 5 heteroatoms. The van der Waals surface area contributed by atoms with Crippen LogP contribution in [-0.4, -0.2) is 52.3 Å². The summed E-state index contributed by atoms with van der Waals surface area (Å²) < 4.78 is 0. The molecule has 0 radical (unpaired) electrons. The first-order chi connectivity index (χ1) is 8.66. The zero-order valence-corrected chi connectivity index (χ0v) is 11.2. The van der Waals surface area contributed by atoms with E-state index in [1.807, 2.05) is 18.3 Å². The Morgan fingerprint density at radius 2 is 2.06 bits per heavy atom. The summed E-state index contributed by atoms with van der Waals surface area (Å²) in [5.74, 6) is 1.94. The molecule has 0 aromatic heterocycles. The number of aliphatic imine (C=N–C) groups is 1. The number of likely N-dealkylation sites (N-methyl/N-ethyl adjacent to an activating group) is 1. The standard InChI is InChI=1S/C13H19N5/c1-8-7-17(8)18-12-9(2)15-16(3)11(12)6-14-13(18)10-4-5-10/h6,8,10,12H,4-5,7H2,1-3H3. The molecule has 4 rings (SSSR count). The third-order valence-electron chi connectivity index (χ3n) is 4.21. The number of nitrogens with zero attached hydrogens (tertiary/aromatic N) is 5. The smallest absolute Gasteiger partial charge is 0.130 e. The van der Waals surface area contributed by atoms with Crippen LogP contribution in [-0.2, 0) is 0 Å². The fraction of sp³-hybridized carbons (Fsp3) is 0.692. The van der Waals surface area contributed by atoms with E-state index in [4.69, 9.17) is 4.99 Å². The van der Waals surface area contributed by atoms with Crippen molar-refractivity contribution >= 4 is 11.5 Å². The SMILES string of the molecule is CC1=NN(C)C2=CN=C(C3CC3)N(N3CC3C)C21. The Hall–Kier alpha value is -1.36. The number of hydrazone groups is 1.